The summed E-state index contributed by atoms with van der Waals surface area (Å²) in [6, 6.07) is 8.78. The van der Waals surface area contributed by atoms with Crippen molar-refractivity contribution in [2.24, 2.45) is 0 Å². The number of esters is 1. The molecule has 0 saturated heterocycles. The summed E-state index contributed by atoms with van der Waals surface area (Å²) in [6.07, 6.45) is 4.47. The molecule has 1 fully saturated rings. The molecule has 140 valence electrons. The van der Waals surface area contributed by atoms with E-state index in [4.69, 9.17) is 4.74 Å². The number of amides is 1. The molecule has 0 radical (unpaired) electrons. The second-order valence-corrected chi connectivity index (χ2v) is 6.60. The lowest BCUT2D eigenvalue weighted by molar-refractivity contribution is -0.130. The molecule has 0 spiro atoms. The molecule has 1 aliphatic rings. The maximum absolute atomic E-state index is 12.4. The smallest absolute Gasteiger partial charge is 0.338 e. The first-order valence-corrected chi connectivity index (χ1v) is 8.81. The minimum Gasteiger partial charge on any atom is -0.449 e. The number of carbonyl (C=O) groups is 2. The first kappa shape index (κ1) is 18.5. The van der Waals surface area contributed by atoms with Gasteiger partial charge in [-0.15, -0.1) is 5.10 Å². The van der Waals surface area contributed by atoms with Gasteiger partial charge >= 0.3 is 5.97 Å². The molecule has 0 unspecified atom stereocenters. The number of benzene rings is 1. The molecule has 0 aliphatic heterocycles. The summed E-state index contributed by atoms with van der Waals surface area (Å²) in [4.78, 5) is 24.8. The molecule has 1 saturated carbocycles. The predicted octanol–water partition coefficient (Wildman–Crippen LogP) is 1.55. The zero-order chi connectivity index (χ0) is 19.3. The largest absolute Gasteiger partial charge is 0.449 e. The number of nitrogens with zero attached hydrogens (tertiary/aromatic N) is 5. The van der Waals surface area contributed by atoms with Crippen LogP contribution >= 0.6 is 0 Å². The van der Waals surface area contributed by atoms with E-state index in [1.54, 1.807) is 24.3 Å². The van der Waals surface area contributed by atoms with Crippen LogP contribution in [0.3, 0.4) is 0 Å². The van der Waals surface area contributed by atoms with Gasteiger partial charge in [-0.25, -0.2) is 9.48 Å². The summed E-state index contributed by atoms with van der Waals surface area (Å²) in [5.74, 6) is -1.11. The molecule has 1 N–H and O–H groups in total. The molecule has 1 heterocycles. The van der Waals surface area contributed by atoms with Crippen LogP contribution in [0.5, 0.6) is 0 Å². The maximum Gasteiger partial charge on any atom is 0.338 e. The van der Waals surface area contributed by atoms with Crippen LogP contribution in [-0.2, 0) is 9.53 Å². The van der Waals surface area contributed by atoms with Crippen LogP contribution in [0.2, 0.25) is 0 Å². The second-order valence-electron chi connectivity index (χ2n) is 6.60. The van der Waals surface area contributed by atoms with Crippen LogP contribution in [-0.4, -0.2) is 43.7 Å². The highest BCUT2D eigenvalue weighted by atomic mass is 16.5. The van der Waals surface area contributed by atoms with E-state index in [-0.39, 0.29) is 5.56 Å². The Bertz CT molecular complexity index is 852. The molecule has 1 amide bonds. The summed E-state index contributed by atoms with van der Waals surface area (Å²) in [7, 11) is 0. The molecular formula is C18H20N6O3. The fourth-order valence-electron chi connectivity index (χ4n) is 3.09. The van der Waals surface area contributed by atoms with Crippen molar-refractivity contribution in [2.45, 2.75) is 50.7 Å². The Labute approximate surface area is 156 Å². The third-order valence-corrected chi connectivity index (χ3v) is 4.63. The number of carbonyl (C=O) groups excluding carboxylic acids is 2. The van der Waals surface area contributed by atoms with Crippen molar-refractivity contribution in [1.82, 2.24) is 25.5 Å². The standard InChI is InChI=1S/C18H20N6O3/c1-13(16(25)21-18(11-19)8-3-2-4-9-18)27-17(26)14-6-5-7-15(10-14)24-12-20-22-23-24/h5-7,10,12-13H,2-4,8-9H2,1H3,(H,21,25)/t13-/m0/s1. The lowest BCUT2D eigenvalue weighted by Crippen LogP contribution is -2.52. The highest BCUT2D eigenvalue weighted by Gasteiger charge is 2.35. The molecule has 9 nitrogen and oxygen atoms in total. The zero-order valence-electron chi connectivity index (χ0n) is 15.0. The van der Waals surface area contributed by atoms with Gasteiger partial charge < -0.3 is 10.1 Å². The Balaban J connectivity index is 1.64. The van der Waals surface area contributed by atoms with Gasteiger partial charge in [0.1, 0.15) is 11.9 Å². The van der Waals surface area contributed by atoms with Gasteiger partial charge in [-0.1, -0.05) is 25.3 Å². The first-order valence-electron chi connectivity index (χ1n) is 8.81. The van der Waals surface area contributed by atoms with Gasteiger partial charge in [0.25, 0.3) is 5.91 Å². The molecule has 3 rings (SSSR count). The second kappa shape index (κ2) is 7.95. The molecule has 1 aromatic carbocycles. The van der Waals surface area contributed by atoms with Crippen LogP contribution in [0.15, 0.2) is 30.6 Å². The van der Waals surface area contributed by atoms with Crippen LogP contribution in [0.25, 0.3) is 5.69 Å². The fourth-order valence-corrected chi connectivity index (χ4v) is 3.09. The van der Waals surface area contributed by atoms with Gasteiger partial charge in [-0.2, -0.15) is 5.26 Å². The van der Waals surface area contributed by atoms with E-state index in [0.717, 1.165) is 19.3 Å². The van der Waals surface area contributed by atoms with Gasteiger partial charge in [0.05, 0.1) is 17.3 Å². The maximum atomic E-state index is 12.4. The van der Waals surface area contributed by atoms with Crippen LogP contribution in [0.1, 0.15) is 49.4 Å². The average molecular weight is 368 g/mol. The summed E-state index contributed by atoms with van der Waals surface area (Å²) in [5.41, 5.74) is 0.00299. The van der Waals surface area contributed by atoms with Crippen LogP contribution in [0.4, 0.5) is 0 Å². The number of hydrogen-bond acceptors (Lipinski definition) is 7. The summed E-state index contributed by atoms with van der Waals surface area (Å²) >= 11 is 0. The summed E-state index contributed by atoms with van der Waals surface area (Å²) in [5, 5.41) is 23.1. The predicted molar refractivity (Wildman–Crippen MR) is 93.6 cm³/mol. The highest BCUT2D eigenvalue weighted by molar-refractivity contribution is 5.92. The minimum atomic E-state index is -1.01. The summed E-state index contributed by atoms with van der Waals surface area (Å²) in [6.45, 7) is 1.49. The summed E-state index contributed by atoms with van der Waals surface area (Å²) < 4.78 is 6.69. The molecule has 27 heavy (non-hydrogen) atoms. The Morgan fingerprint density at radius 3 is 2.78 bits per heavy atom. The number of aromatic nitrogens is 4. The highest BCUT2D eigenvalue weighted by Crippen LogP contribution is 2.27. The van der Waals surface area contributed by atoms with E-state index >= 15 is 0 Å². The molecule has 0 bridgehead atoms. The van der Waals surface area contributed by atoms with Gasteiger partial charge in [0.2, 0.25) is 0 Å². The van der Waals surface area contributed by atoms with Gasteiger partial charge in [-0.05, 0) is 48.4 Å². The van der Waals surface area contributed by atoms with Gasteiger partial charge in [0, 0.05) is 0 Å². The number of nitrogens with one attached hydrogen (secondary N) is 1. The number of nitriles is 1. The van der Waals surface area contributed by atoms with Crippen molar-refractivity contribution in [3.05, 3.63) is 36.2 Å². The van der Waals surface area contributed by atoms with Crippen molar-refractivity contribution >= 4 is 11.9 Å². The average Bonchev–Trinajstić information content (AvgIpc) is 3.23. The normalized spacial score (nSPS) is 16.7. The van der Waals surface area contributed by atoms with Crippen molar-refractivity contribution in [3.63, 3.8) is 0 Å². The number of hydrogen-bond donors (Lipinski definition) is 1. The number of ether oxygens (including phenoxy) is 1. The van der Waals surface area contributed by atoms with Crippen molar-refractivity contribution in [3.8, 4) is 11.8 Å². The van der Waals surface area contributed by atoms with E-state index < -0.39 is 23.5 Å². The third-order valence-electron chi connectivity index (χ3n) is 4.63. The Kier molecular flexibility index (Phi) is 5.45. The van der Waals surface area contributed by atoms with Gasteiger partial charge in [0.15, 0.2) is 6.10 Å². The lowest BCUT2D eigenvalue weighted by Gasteiger charge is -2.32. The molecule has 1 aliphatic carbocycles. The van der Waals surface area contributed by atoms with E-state index in [1.165, 1.54) is 17.9 Å². The Morgan fingerprint density at radius 2 is 2.11 bits per heavy atom. The fraction of sp³-hybridized carbons (Fsp3) is 0.444. The van der Waals surface area contributed by atoms with Crippen molar-refractivity contribution in [2.75, 3.05) is 0 Å². The lowest BCUT2D eigenvalue weighted by atomic mass is 9.83. The molecule has 1 aromatic heterocycles. The zero-order valence-corrected chi connectivity index (χ0v) is 15.0. The van der Waals surface area contributed by atoms with E-state index in [2.05, 4.69) is 26.9 Å². The van der Waals surface area contributed by atoms with Gasteiger partial charge in [-0.3, -0.25) is 4.79 Å². The quantitative estimate of drug-likeness (QED) is 0.794. The van der Waals surface area contributed by atoms with Crippen LogP contribution < -0.4 is 5.32 Å². The minimum absolute atomic E-state index is 0.273. The molecule has 1 atom stereocenters. The Hall–Kier alpha value is -3.28. The first-order chi connectivity index (χ1) is 13.0. The molecular weight excluding hydrogens is 348 g/mol. The number of rotatable bonds is 5. The van der Waals surface area contributed by atoms with Crippen LogP contribution in [0, 0.1) is 11.3 Å². The monoisotopic (exact) mass is 368 g/mol. The van der Waals surface area contributed by atoms with E-state index in [1.807, 2.05) is 0 Å². The molecule has 2 aromatic rings. The van der Waals surface area contributed by atoms with Crippen molar-refractivity contribution in [1.29, 1.82) is 5.26 Å². The SMILES string of the molecule is C[C@H](OC(=O)c1cccc(-n2cnnn2)c1)C(=O)NC1(C#N)CCCCC1. The van der Waals surface area contributed by atoms with E-state index in [0.29, 0.717) is 18.5 Å². The Morgan fingerprint density at radius 1 is 1.33 bits per heavy atom. The topological polar surface area (TPSA) is 123 Å². The van der Waals surface area contributed by atoms with E-state index in [9.17, 15) is 14.9 Å². The number of tetrazole rings is 1. The van der Waals surface area contributed by atoms with Crippen molar-refractivity contribution < 1.29 is 14.3 Å². The molecule has 9 heteroatoms. The third kappa shape index (κ3) is 4.28.